The lowest BCUT2D eigenvalue weighted by Gasteiger charge is -2.25. The van der Waals surface area contributed by atoms with Crippen LogP contribution in [-0.4, -0.2) is 16.5 Å². The van der Waals surface area contributed by atoms with Crippen LogP contribution < -0.4 is 5.73 Å². The molecule has 2 atom stereocenters. The highest BCUT2D eigenvalue weighted by atomic mass is 14.9. The molecule has 3 nitrogen and oxygen atoms in total. The first-order valence-electron chi connectivity index (χ1n) is 6.31. The van der Waals surface area contributed by atoms with Gasteiger partial charge in [0, 0.05) is 24.2 Å². The molecule has 2 unspecified atom stereocenters. The average molecular weight is 219 g/mol. The van der Waals surface area contributed by atoms with Gasteiger partial charge < -0.3 is 5.73 Å². The summed E-state index contributed by atoms with van der Waals surface area (Å²) in [5.74, 6) is 2.43. The lowest BCUT2D eigenvalue weighted by molar-refractivity contribution is 0.334. The van der Waals surface area contributed by atoms with Gasteiger partial charge in [-0.25, -0.2) is 9.97 Å². The van der Waals surface area contributed by atoms with Gasteiger partial charge in [0.1, 0.15) is 5.82 Å². The molecular formula is C13H21N3. The topological polar surface area (TPSA) is 51.8 Å². The van der Waals surface area contributed by atoms with Crippen molar-refractivity contribution >= 4 is 0 Å². The van der Waals surface area contributed by atoms with Crippen LogP contribution >= 0.6 is 0 Å². The van der Waals surface area contributed by atoms with Crippen LogP contribution in [0.3, 0.4) is 0 Å². The number of hydrogen-bond donors (Lipinski definition) is 1. The lowest BCUT2D eigenvalue weighted by atomic mass is 9.82. The van der Waals surface area contributed by atoms with Crippen molar-refractivity contribution in [2.45, 2.75) is 44.9 Å². The summed E-state index contributed by atoms with van der Waals surface area (Å²) in [5, 5.41) is 0. The van der Waals surface area contributed by atoms with Crippen LogP contribution in [-0.2, 0) is 6.42 Å². The zero-order chi connectivity index (χ0) is 11.4. The molecule has 16 heavy (non-hydrogen) atoms. The molecule has 0 saturated heterocycles. The Morgan fingerprint density at radius 2 is 2.31 bits per heavy atom. The van der Waals surface area contributed by atoms with Crippen molar-refractivity contribution in [3.63, 3.8) is 0 Å². The Kier molecular flexibility index (Phi) is 3.88. The molecule has 1 heterocycles. The smallest absolute Gasteiger partial charge is 0.131 e. The van der Waals surface area contributed by atoms with Crippen molar-refractivity contribution in [1.29, 1.82) is 0 Å². The van der Waals surface area contributed by atoms with E-state index in [1.807, 2.05) is 12.3 Å². The van der Waals surface area contributed by atoms with E-state index < -0.39 is 0 Å². The fourth-order valence-corrected chi connectivity index (χ4v) is 2.57. The molecule has 1 fully saturated rings. The summed E-state index contributed by atoms with van der Waals surface area (Å²) >= 11 is 0. The maximum Gasteiger partial charge on any atom is 0.131 e. The van der Waals surface area contributed by atoms with Crippen molar-refractivity contribution < 1.29 is 0 Å². The Labute approximate surface area is 97.5 Å². The molecule has 1 aromatic rings. The summed E-state index contributed by atoms with van der Waals surface area (Å²) in [6.45, 7) is 2.99. The fourth-order valence-electron chi connectivity index (χ4n) is 2.57. The van der Waals surface area contributed by atoms with Crippen molar-refractivity contribution in [3.05, 3.63) is 23.8 Å². The molecule has 0 radical (unpaired) electrons. The van der Waals surface area contributed by atoms with E-state index in [0.29, 0.717) is 12.5 Å². The number of nitrogens with zero attached hydrogens (tertiary/aromatic N) is 2. The van der Waals surface area contributed by atoms with E-state index in [2.05, 4.69) is 16.9 Å². The average Bonchev–Trinajstić information content (AvgIpc) is 2.30. The zero-order valence-electron chi connectivity index (χ0n) is 10.0. The number of aromatic nitrogens is 2. The second-order valence-corrected chi connectivity index (χ2v) is 4.91. The van der Waals surface area contributed by atoms with E-state index in [9.17, 15) is 0 Å². The van der Waals surface area contributed by atoms with Gasteiger partial charge in [0.25, 0.3) is 0 Å². The molecule has 2 rings (SSSR count). The first-order chi connectivity index (χ1) is 7.79. The summed E-state index contributed by atoms with van der Waals surface area (Å²) in [6.07, 6.45) is 7.90. The Balaban J connectivity index is 2.09. The predicted molar refractivity (Wildman–Crippen MR) is 65.2 cm³/mol. The first kappa shape index (κ1) is 11.5. The minimum atomic E-state index is 0.571. The summed E-state index contributed by atoms with van der Waals surface area (Å²) < 4.78 is 0. The maximum atomic E-state index is 5.55. The van der Waals surface area contributed by atoms with Gasteiger partial charge in [-0.2, -0.15) is 0 Å². The van der Waals surface area contributed by atoms with Crippen LogP contribution in [0.5, 0.6) is 0 Å². The van der Waals surface area contributed by atoms with Gasteiger partial charge in [0.15, 0.2) is 0 Å². The highest BCUT2D eigenvalue weighted by Gasteiger charge is 2.22. The molecule has 88 valence electrons. The van der Waals surface area contributed by atoms with Crippen molar-refractivity contribution in [2.75, 3.05) is 6.54 Å². The van der Waals surface area contributed by atoms with Gasteiger partial charge in [-0.15, -0.1) is 0 Å². The molecule has 0 aromatic carbocycles. The molecule has 0 bridgehead atoms. The van der Waals surface area contributed by atoms with Crippen molar-refractivity contribution in [3.8, 4) is 0 Å². The summed E-state index contributed by atoms with van der Waals surface area (Å²) in [6, 6.07) is 1.97. The monoisotopic (exact) mass is 219 g/mol. The molecule has 0 aliphatic heterocycles. The van der Waals surface area contributed by atoms with Gasteiger partial charge in [-0.1, -0.05) is 19.8 Å². The summed E-state index contributed by atoms with van der Waals surface area (Å²) in [4.78, 5) is 9.06. The van der Waals surface area contributed by atoms with Crippen LogP contribution in [0.1, 0.15) is 50.0 Å². The molecular weight excluding hydrogens is 198 g/mol. The van der Waals surface area contributed by atoms with E-state index in [4.69, 9.17) is 5.73 Å². The molecule has 1 aliphatic rings. The van der Waals surface area contributed by atoms with Crippen LogP contribution in [0.25, 0.3) is 0 Å². The molecule has 1 aromatic heterocycles. The van der Waals surface area contributed by atoms with Crippen LogP contribution in [0, 0.1) is 5.92 Å². The minimum absolute atomic E-state index is 0.571. The van der Waals surface area contributed by atoms with Crippen LogP contribution in [0.2, 0.25) is 0 Å². The van der Waals surface area contributed by atoms with Gasteiger partial charge in [0.2, 0.25) is 0 Å². The van der Waals surface area contributed by atoms with Crippen LogP contribution in [0.15, 0.2) is 12.3 Å². The second kappa shape index (κ2) is 5.39. The van der Waals surface area contributed by atoms with Crippen molar-refractivity contribution in [1.82, 2.24) is 9.97 Å². The maximum absolute atomic E-state index is 5.55. The lowest BCUT2D eigenvalue weighted by Crippen LogP contribution is -2.15. The molecule has 3 heteroatoms. The van der Waals surface area contributed by atoms with Crippen molar-refractivity contribution in [2.24, 2.45) is 11.7 Å². The Morgan fingerprint density at radius 1 is 1.44 bits per heavy atom. The standard InChI is InChI=1S/C13H21N3/c1-10-3-2-4-11(9-10)13-15-8-6-12(16-13)5-7-14/h6,8,10-11H,2-5,7,9,14H2,1H3. The first-order valence-corrected chi connectivity index (χ1v) is 6.31. The molecule has 1 aliphatic carbocycles. The SMILES string of the molecule is CC1CCCC(c2nccc(CCN)n2)C1. The van der Waals surface area contributed by atoms with E-state index in [-0.39, 0.29) is 0 Å². The van der Waals surface area contributed by atoms with E-state index >= 15 is 0 Å². The number of nitrogens with two attached hydrogens (primary N) is 1. The highest BCUT2D eigenvalue weighted by Crippen LogP contribution is 2.34. The summed E-state index contributed by atoms with van der Waals surface area (Å²) in [5.41, 5.74) is 6.64. The Hall–Kier alpha value is -0.960. The zero-order valence-corrected chi connectivity index (χ0v) is 10.0. The highest BCUT2D eigenvalue weighted by molar-refractivity contribution is 5.07. The second-order valence-electron chi connectivity index (χ2n) is 4.91. The third-order valence-corrected chi connectivity index (χ3v) is 3.43. The predicted octanol–water partition coefficient (Wildman–Crippen LogP) is 2.27. The number of hydrogen-bond acceptors (Lipinski definition) is 3. The fraction of sp³-hybridized carbons (Fsp3) is 0.692. The van der Waals surface area contributed by atoms with E-state index in [1.165, 1.54) is 25.7 Å². The Morgan fingerprint density at radius 3 is 3.06 bits per heavy atom. The minimum Gasteiger partial charge on any atom is -0.330 e. The normalized spacial score (nSPS) is 25.6. The molecule has 0 spiro atoms. The third-order valence-electron chi connectivity index (χ3n) is 3.43. The third kappa shape index (κ3) is 2.79. The van der Waals surface area contributed by atoms with Gasteiger partial charge in [0.05, 0.1) is 0 Å². The Bertz CT molecular complexity index is 338. The molecule has 1 saturated carbocycles. The largest absolute Gasteiger partial charge is 0.330 e. The molecule has 2 N–H and O–H groups in total. The number of rotatable bonds is 3. The van der Waals surface area contributed by atoms with Crippen LogP contribution in [0.4, 0.5) is 0 Å². The van der Waals surface area contributed by atoms with Gasteiger partial charge >= 0.3 is 0 Å². The van der Waals surface area contributed by atoms with E-state index in [0.717, 1.165) is 23.9 Å². The van der Waals surface area contributed by atoms with Gasteiger partial charge in [-0.05, 0) is 31.4 Å². The van der Waals surface area contributed by atoms with Gasteiger partial charge in [-0.3, -0.25) is 0 Å². The molecule has 0 amide bonds. The quantitative estimate of drug-likeness (QED) is 0.848. The summed E-state index contributed by atoms with van der Waals surface area (Å²) in [7, 11) is 0. The van der Waals surface area contributed by atoms with E-state index in [1.54, 1.807) is 0 Å².